The second-order valence-electron chi connectivity index (χ2n) is 21.5. The molecule has 0 amide bonds. The summed E-state index contributed by atoms with van der Waals surface area (Å²) in [6.45, 7) is 16.4. The molecule has 0 unspecified atom stereocenters. The van der Waals surface area contributed by atoms with E-state index in [0.717, 1.165) is 68.5 Å². The molecule has 4 nitrogen and oxygen atoms in total. The largest absolute Gasteiger partial charge is 0.466 e. The van der Waals surface area contributed by atoms with Crippen molar-refractivity contribution in [2.24, 2.45) is 0 Å². The van der Waals surface area contributed by atoms with Crippen molar-refractivity contribution in [1.82, 2.24) is 4.48 Å². The molecule has 0 spiro atoms. The number of fused-ring (bicyclic) bond motifs is 16. The van der Waals surface area contributed by atoms with Crippen LogP contribution in [0.5, 0.6) is 0 Å². The van der Waals surface area contributed by atoms with Gasteiger partial charge in [-0.2, -0.15) is 0 Å². The molecule has 0 atom stereocenters. The molecule has 0 saturated carbocycles. The van der Waals surface area contributed by atoms with E-state index in [9.17, 15) is 0 Å². The molecule has 5 heterocycles. The lowest BCUT2D eigenvalue weighted by molar-refractivity contribution is 0.332. The molecule has 14 rings (SSSR count). The van der Waals surface area contributed by atoms with Crippen molar-refractivity contribution in [3.8, 4) is 22.3 Å². The Balaban J connectivity index is 1.22. The Morgan fingerprint density at radius 2 is 1.26 bits per heavy atom. The third-order valence-corrected chi connectivity index (χ3v) is 15.8. The third kappa shape index (κ3) is 4.88. The van der Waals surface area contributed by atoms with E-state index in [2.05, 4.69) is 203 Å². The number of benzene rings is 8. The van der Waals surface area contributed by atoms with Gasteiger partial charge in [0, 0.05) is 43.7 Å². The summed E-state index contributed by atoms with van der Waals surface area (Å²) in [6, 6.07) is 54.5. The number of anilines is 3. The summed E-state index contributed by atoms with van der Waals surface area (Å²) in [7, 11) is 0. The first-order valence-electron chi connectivity index (χ1n) is 23.4. The zero-order valence-electron chi connectivity index (χ0n) is 38.1. The number of nitrogens with zero attached hydrogens (tertiary/aromatic N) is 2. The normalized spacial score (nSPS) is 16.0. The number of hydrogen-bond acceptors (Lipinski definition) is 3. The second kappa shape index (κ2) is 12.4. The molecular formula is C60H49BN2O2. The van der Waals surface area contributed by atoms with Crippen molar-refractivity contribution < 1.29 is 8.83 Å². The van der Waals surface area contributed by atoms with Gasteiger partial charge in [-0.3, -0.25) is 0 Å². The fourth-order valence-corrected chi connectivity index (χ4v) is 12.3. The van der Waals surface area contributed by atoms with Crippen LogP contribution in [0.1, 0.15) is 78.0 Å². The van der Waals surface area contributed by atoms with E-state index in [1.807, 2.05) is 0 Å². The first kappa shape index (κ1) is 37.4. The predicted octanol–water partition coefficient (Wildman–Crippen LogP) is 15.3. The van der Waals surface area contributed by atoms with Gasteiger partial charge in [-0.15, -0.1) is 0 Å². The lowest BCUT2D eigenvalue weighted by atomic mass is 9.47. The third-order valence-electron chi connectivity index (χ3n) is 15.8. The molecule has 11 aromatic rings. The molecule has 3 aromatic heterocycles. The average Bonchev–Trinajstić information content (AvgIpc) is 3.99. The fraction of sp³-hybridized carbons (Fsp3) is 0.200. The summed E-state index contributed by atoms with van der Waals surface area (Å²) < 4.78 is 17.3. The van der Waals surface area contributed by atoms with Gasteiger partial charge in [-0.05, 0) is 116 Å². The van der Waals surface area contributed by atoms with Crippen molar-refractivity contribution >= 4 is 101 Å². The first-order valence-corrected chi connectivity index (χ1v) is 23.4. The van der Waals surface area contributed by atoms with Crippen LogP contribution < -0.4 is 16.0 Å². The van der Waals surface area contributed by atoms with Crippen LogP contribution in [0.2, 0.25) is 0 Å². The van der Waals surface area contributed by atoms with Crippen molar-refractivity contribution in [1.29, 1.82) is 0 Å². The molecule has 2 aliphatic heterocycles. The quantitative estimate of drug-likeness (QED) is 0.163. The highest BCUT2D eigenvalue weighted by Gasteiger charge is 2.49. The van der Waals surface area contributed by atoms with Gasteiger partial charge in [-0.25, -0.2) is 0 Å². The minimum Gasteiger partial charge on any atom is -0.466 e. The van der Waals surface area contributed by atoms with Gasteiger partial charge >= 0.3 is 6.85 Å². The lowest BCUT2D eigenvalue weighted by Crippen LogP contribution is -2.56. The van der Waals surface area contributed by atoms with Crippen molar-refractivity contribution in [2.45, 2.75) is 77.6 Å². The van der Waals surface area contributed by atoms with E-state index < -0.39 is 0 Å². The minimum atomic E-state index is -0.264. The summed E-state index contributed by atoms with van der Waals surface area (Å²) in [5.41, 5.74) is 19.6. The van der Waals surface area contributed by atoms with Crippen LogP contribution in [0, 0.1) is 0 Å². The van der Waals surface area contributed by atoms with Gasteiger partial charge < -0.3 is 18.2 Å². The highest BCUT2D eigenvalue weighted by Crippen LogP contribution is 2.55. The summed E-state index contributed by atoms with van der Waals surface area (Å²) in [5.74, 6) is 0. The SMILES string of the molecule is CC(C)(C)c1ccc(N2c3c(oc4cc5c(cc34)C(C)(C)CCC5(C)C)B3c4c(cc5oc6ccccc6c5c42)-c2cccc4c5c6ccccc6ccc5n3c24)c(-c2ccccc2)c1. The van der Waals surface area contributed by atoms with Crippen LogP contribution >= 0.6 is 0 Å². The number of hydrogen-bond donors (Lipinski definition) is 0. The van der Waals surface area contributed by atoms with E-state index in [-0.39, 0.29) is 23.1 Å². The van der Waals surface area contributed by atoms with Crippen LogP contribution in [0.3, 0.4) is 0 Å². The Labute approximate surface area is 379 Å². The molecule has 8 aromatic carbocycles. The summed E-state index contributed by atoms with van der Waals surface area (Å²) >= 11 is 0. The molecular weight excluding hydrogens is 791 g/mol. The summed E-state index contributed by atoms with van der Waals surface area (Å²) in [6.07, 6.45) is 2.26. The Morgan fingerprint density at radius 1 is 0.538 bits per heavy atom. The van der Waals surface area contributed by atoms with E-state index >= 15 is 0 Å². The topological polar surface area (TPSA) is 34.5 Å². The van der Waals surface area contributed by atoms with Gasteiger partial charge in [0.05, 0.1) is 22.4 Å². The lowest BCUT2D eigenvalue weighted by Gasteiger charge is -2.42. The zero-order valence-corrected chi connectivity index (χ0v) is 38.1. The highest BCUT2D eigenvalue weighted by atomic mass is 16.3. The summed E-state index contributed by atoms with van der Waals surface area (Å²) in [5, 5.41) is 8.44. The number of aromatic nitrogens is 1. The van der Waals surface area contributed by atoms with Crippen LogP contribution in [0.15, 0.2) is 154 Å². The van der Waals surface area contributed by atoms with Gasteiger partial charge in [0.15, 0.2) is 0 Å². The Morgan fingerprint density at radius 3 is 2.06 bits per heavy atom. The highest BCUT2D eigenvalue weighted by molar-refractivity contribution is 6.90. The van der Waals surface area contributed by atoms with Crippen LogP contribution in [0.25, 0.3) is 87.7 Å². The molecule has 3 aliphatic rings. The smallest absolute Gasteiger partial charge is 0.376 e. The van der Waals surface area contributed by atoms with Crippen LogP contribution in [-0.4, -0.2) is 11.3 Å². The molecule has 314 valence electrons. The number of furan rings is 2. The Kier molecular flexibility index (Phi) is 7.15. The maximum Gasteiger partial charge on any atom is 0.376 e. The Bertz CT molecular complexity index is 3890. The molecule has 0 fully saturated rings. The fourth-order valence-electron chi connectivity index (χ4n) is 12.3. The van der Waals surface area contributed by atoms with Crippen molar-refractivity contribution in [3.05, 3.63) is 162 Å². The first-order chi connectivity index (χ1) is 31.4. The van der Waals surface area contributed by atoms with E-state index in [0.29, 0.717) is 0 Å². The molecule has 0 radical (unpaired) electrons. The van der Waals surface area contributed by atoms with E-state index in [4.69, 9.17) is 8.83 Å². The Hall–Kier alpha value is -6.98. The van der Waals surface area contributed by atoms with E-state index in [1.54, 1.807) is 0 Å². The summed E-state index contributed by atoms with van der Waals surface area (Å²) in [4.78, 5) is 2.61. The molecule has 0 N–H and O–H groups in total. The number of para-hydroxylation sites is 2. The molecule has 65 heavy (non-hydrogen) atoms. The molecule has 0 bridgehead atoms. The maximum atomic E-state index is 7.69. The second-order valence-corrected chi connectivity index (χ2v) is 21.5. The van der Waals surface area contributed by atoms with E-state index in [1.165, 1.54) is 77.0 Å². The standard InChI is InChI=1S/C60H49BN2O2/c1-58(2,3)36-25-27-46(41(30-36)34-16-9-8-10-17-34)62-55-43-31-44-45(60(6,7)29-28-59(44,4)5)33-49(43)65-57(55)61-53-42(32-50-52(56(53)62)39-20-13-14-23-48(39)64-50)38-21-15-22-40-51-37-19-12-11-18-35(37)24-26-47(51)63(61)54(38)40/h8-27,30-33H,28-29H2,1-7H3. The minimum absolute atomic E-state index is 0.00101. The monoisotopic (exact) mass is 840 g/mol. The molecule has 5 heteroatoms. The van der Waals surface area contributed by atoms with Crippen molar-refractivity contribution in [3.63, 3.8) is 0 Å². The number of rotatable bonds is 2. The predicted molar refractivity (Wildman–Crippen MR) is 274 cm³/mol. The van der Waals surface area contributed by atoms with Crippen LogP contribution in [-0.2, 0) is 16.2 Å². The van der Waals surface area contributed by atoms with Crippen molar-refractivity contribution in [2.75, 3.05) is 4.90 Å². The van der Waals surface area contributed by atoms with Crippen LogP contribution in [0.4, 0.5) is 17.1 Å². The molecule has 1 aliphatic carbocycles. The zero-order chi connectivity index (χ0) is 43.9. The average molecular weight is 841 g/mol. The van der Waals surface area contributed by atoms with Gasteiger partial charge in [-0.1, -0.05) is 152 Å². The van der Waals surface area contributed by atoms with Gasteiger partial charge in [0.2, 0.25) is 0 Å². The van der Waals surface area contributed by atoms with Gasteiger partial charge in [0.1, 0.15) is 22.4 Å². The molecule has 0 saturated heterocycles. The maximum absolute atomic E-state index is 7.69. The van der Waals surface area contributed by atoms with Gasteiger partial charge in [0.25, 0.3) is 0 Å².